The molecule has 244 valence electrons. The molecule has 10 heteroatoms. The fourth-order valence-electron chi connectivity index (χ4n) is 5.30. The number of benzene rings is 4. The van der Waals surface area contributed by atoms with Crippen LogP contribution in [0, 0.1) is 6.92 Å². The maximum absolute atomic E-state index is 13.7. The van der Waals surface area contributed by atoms with E-state index in [2.05, 4.69) is 17.1 Å². The van der Waals surface area contributed by atoms with E-state index in [0.29, 0.717) is 45.9 Å². The van der Waals surface area contributed by atoms with Crippen molar-refractivity contribution in [1.82, 2.24) is 10.2 Å². The van der Waals surface area contributed by atoms with Gasteiger partial charge in [-0.1, -0.05) is 103 Å². The minimum absolute atomic E-state index is 0.0260. The van der Waals surface area contributed by atoms with Crippen LogP contribution in [0.5, 0.6) is 11.5 Å². The van der Waals surface area contributed by atoms with E-state index in [4.69, 9.17) is 9.47 Å². The summed E-state index contributed by atoms with van der Waals surface area (Å²) in [6, 6.07) is 31.2. The summed E-state index contributed by atoms with van der Waals surface area (Å²) in [5, 5.41) is 20.5. The molecule has 1 aliphatic rings. The molecule has 1 atom stereocenters. The molecule has 0 radical (unpaired) electrons. The van der Waals surface area contributed by atoms with Crippen LogP contribution in [0.2, 0.25) is 0 Å². The predicted octanol–water partition coefficient (Wildman–Crippen LogP) is 8.52. The molecule has 0 bridgehead atoms. The van der Waals surface area contributed by atoms with Gasteiger partial charge < -0.3 is 14.6 Å². The molecule has 2 heterocycles. The first-order valence-electron chi connectivity index (χ1n) is 15.7. The number of carbonyl (C=O) groups is 2. The van der Waals surface area contributed by atoms with Gasteiger partial charge >= 0.3 is 5.91 Å². The van der Waals surface area contributed by atoms with E-state index < -0.39 is 17.7 Å². The number of amides is 1. The van der Waals surface area contributed by atoms with E-state index in [0.717, 1.165) is 29.5 Å². The summed E-state index contributed by atoms with van der Waals surface area (Å²) in [5.41, 5.74) is 4.33. The van der Waals surface area contributed by atoms with Crippen LogP contribution in [0.25, 0.3) is 5.76 Å². The molecule has 1 saturated heterocycles. The first kappa shape index (κ1) is 33.0. The number of anilines is 1. The number of ether oxygens (including phenoxy) is 2. The summed E-state index contributed by atoms with van der Waals surface area (Å²) in [6.45, 7) is 5.12. The highest BCUT2D eigenvalue weighted by Gasteiger charge is 2.48. The molecule has 48 heavy (non-hydrogen) atoms. The number of aliphatic hydroxyl groups is 1. The third kappa shape index (κ3) is 7.45. The van der Waals surface area contributed by atoms with Crippen molar-refractivity contribution < 1.29 is 24.2 Å². The van der Waals surface area contributed by atoms with E-state index in [1.54, 1.807) is 24.3 Å². The summed E-state index contributed by atoms with van der Waals surface area (Å²) in [7, 11) is 0. The Hall–Kier alpha value is -4.93. The highest BCUT2D eigenvalue weighted by Crippen LogP contribution is 2.44. The number of Topliss-reactive ketones (excluding diaryl/α,β-unsaturated/α-hetero) is 1. The van der Waals surface area contributed by atoms with Gasteiger partial charge in [0.15, 0.2) is 4.34 Å². The van der Waals surface area contributed by atoms with Crippen molar-refractivity contribution in [3.8, 4) is 11.5 Å². The van der Waals surface area contributed by atoms with Crippen LogP contribution in [-0.2, 0) is 21.9 Å². The molecule has 8 nitrogen and oxygen atoms in total. The molecule has 1 aromatic heterocycles. The molecule has 0 aliphatic carbocycles. The summed E-state index contributed by atoms with van der Waals surface area (Å²) in [5.74, 6) is 0.119. The molecule has 5 aromatic rings. The van der Waals surface area contributed by atoms with Crippen LogP contribution in [0.15, 0.2) is 113 Å². The number of thioether (sulfide) groups is 1. The number of hydrogen-bond acceptors (Lipinski definition) is 9. The Kier molecular flexibility index (Phi) is 10.5. The van der Waals surface area contributed by atoms with Crippen molar-refractivity contribution >= 4 is 45.7 Å². The van der Waals surface area contributed by atoms with Gasteiger partial charge in [-0.3, -0.25) is 14.5 Å². The lowest BCUT2D eigenvalue weighted by Gasteiger charge is -2.22. The van der Waals surface area contributed by atoms with Crippen molar-refractivity contribution in [2.45, 2.75) is 49.4 Å². The van der Waals surface area contributed by atoms with E-state index in [1.165, 1.54) is 28.0 Å². The fraction of sp³-hybridized carbons (Fsp3) is 0.211. The number of rotatable bonds is 13. The third-order valence-electron chi connectivity index (χ3n) is 8.00. The van der Waals surface area contributed by atoms with Gasteiger partial charge in [0, 0.05) is 11.3 Å². The van der Waals surface area contributed by atoms with Gasteiger partial charge in [-0.05, 0) is 72.0 Å². The van der Waals surface area contributed by atoms with Crippen LogP contribution < -0.4 is 14.4 Å². The lowest BCUT2D eigenvalue weighted by Crippen LogP contribution is -2.29. The van der Waals surface area contributed by atoms with Crippen molar-refractivity contribution in [1.29, 1.82) is 0 Å². The average Bonchev–Trinajstić information content (AvgIpc) is 3.69. The first-order valence-corrected chi connectivity index (χ1v) is 17.5. The maximum Gasteiger partial charge on any atom is 0.301 e. The molecular formula is C38H35N3O5S2. The molecule has 1 amide bonds. The van der Waals surface area contributed by atoms with Gasteiger partial charge in [0.2, 0.25) is 5.13 Å². The molecule has 1 fully saturated rings. The van der Waals surface area contributed by atoms with Gasteiger partial charge in [-0.2, -0.15) is 0 Å². The summed E-state index contributed by atoms with van der Waals surface area (Å²) in [4.78, 5) is 28.7. The van der Waals surface area contributed by atoms with Gasteiger partial charge in [0.05, 0.1) is 18.2 Å². The number of aryl methyl sites for hydroxylation is 1. The van der Waals surface area contributed by atoms with E-state index >= 15 is 0 Å². The number of aliphatic hydroxyl groups excluding tert-OH is 1. The monoisotopic (exact) mass is 677 g/mol. The molecule has 1 N–H and O–H groups in total. The average molecular weight is 678 g/mol. The van der Waals surface area contributed by atoms with Gasteiger partial charge in [0.1, 0.15) is 23.9 Å². The molecule has 1 aliphatic heterocycles. The highest BCUT2D eigenvalue weighted by atomic mass is 32.2. The van der Waals surface area contributed by atoms with E-state index in [-0.39, 0.29) is 16.5 Å². The third-order valence-corrected chi connectivity index (χ3v) is 10.1. The Morgan fingerprint density at radius 1 is 0.875 bits per heavy atom. The Morgan fingerprint density at radius 2 is 1.56 bits per heavy atom. The number of aromatic nitrogens is 2. The van der Waals surface area contributed by atoms with Gasteiger partial charge in [-0.15, -0.1) is 10.2 Å². The van der Waals surface area contributed by atoms with Crippen LogP contribution >= 0.6 is 23.1 Å². The molecular weight excluding hydrogens is 643 g/mol. The second-order valence-electron chi connectivity index (χ2n) is 11.3. The van der Waals surface area contributed by atoms with Crippen LogP contribution in [0.3, 0.4) is 0 Å². The van der Waals surface area contributed by atoms with Crippen molar-refractivity contribution in [2.24, 2.45) is 0 Å². The fourth-order valence-corrected chi connectivity index (χ4v) is 7.12. The quantitative estimate of drug-likeness (QED) is 0.0331. The first-order chi connectivity index (χ1) is 23.4. The zero-order valence-corrected chi connectivity index (χ0v) is 28.3. The zero-order valence-electron chi connectivity index (χ0n) is 26.7. The van der Waals surface area contributed by atoms with Gasteiger partial charge in [-0.25, -0.2) is 0 Å². The largest absolute Gasteiger partial charge is 0.507 e. The number of carbonyl (C=O) groups excluding carboxylic acids is 2. The number of hydrogen-bond donors (Lipinski definition) is 1. The lowest BCUT2D eigenvalue weighted by molar-refractivity contribution is -0.132. The molecule has 0 saturated carbocycles. The Balaban J connectivity index is 1.30. The Morgan fingerprint density at radius 3 is 2.29 bits per heavy atom. The second kappa shape index (κ2) is 15.3. The van der Waals surface area contributed by atoms with E-state index in [9.17, 15) is 14.7 Å². The summed E-state index contributed by atoms with van der Waals surface area (Å²) < 4.78 is 12.5. The van der Waals surface area contributed by atoms with Gasteiger partial charge in [0.25, 0.3) is 5.78 Å². The molecule has 6 rings (SSSR count). The minimum Gasteiger partial charge on any atom is -0.507 e. The number of nitrogens with zero attached hydrogens (tertiary/aromatic N) is 3. The topological polar surface area (TPSA) is 102 Å². The van der Waals surface area contributed by atoms with Crippen molar-refractivity contribution in [2.75, 3.05) is 11.5 Å². The standard InChI is InChI=1S/C38H35N3O5S2/c1-3-4-22-45-30-18-14-27(15-19-30)33-32(34(42)28-16-20-31(21-17-28)46-23-29-13-9-8-10-25(29)2)35(43)36(44)41(33)37-39-40-38(48-37)47-24-26-11-6-5-7-12-26/h5-21,33,42H,3-4,22-24H2,1-2H3. The molecule has 0 spiro atoms. The molecule has 1 unspecified atom stereocenters. The maximum atomic E-state index is 13.7. The van der Waals surface area contributed by atoms with Crippen LogP contribution in [0.1, 0.15) is 53.6 Å². The summed E-state index contributed by atoms with van der Waals surface area (Å²) in [6.07, 6.45) is 1.94. The van der Waals surface area contributed by atoms with Crippen molar-refractivity contribution in [3.05, 3.63) is 137 Å². The minimum atomic E-state index is -0.924. The Labute approximate surface area is 288 Å². The smallest absolute Gasteiger partial charge is 0.301 e. The predicted molar refractivity (Wildman–Crippen MR) is 189 cm³/mol. The zero-order chi connectivity index (χ0) is 33.5. The van der Waals surface area contributed by atoms with Crippen LogP contribution in [0.4, 0.5) is 5.13 Å². The van der Waals surface area contributed by atoms with E-state index in [1.807, 2.05) is 85.8 Å². The molecule has 4 aromatic carbocycles. The number of unbranched alkanes of at least 4 members (excludes halogenated alkanes) is 1. The summed E-state index contributed by atoms with van der Waals surface area (Å²) >= 11 is 2.74. The Bertz CT molecular complexity index is 1910. The second-order valence-corrected chi connectivity index (χ2v) is 13.5. The number of ketones is 1. The van der Waals surface area contributed by atoms with Crippen LogP contribution in [-0.4, -0.2) is 33.6 Å². The lowest BCUT2D eigenvalue weighted by atomic mass is 9.95. The highest BCUT2D eigenvalue weighted by molar-refractivity contribution is 8.00. The SMILES string of the molecule is CCCCOc1ccc(C2C(=C(O)c3ccc(OCc4ccccc4C)cc3)C(=O)C(=O)N2c2nnc(SCc3ccccc3)s2)cc1. The van der Waals surface area contributed by atoms with Crippen molar-refractivity contribution in [3.63, 3.8) is 0 Å². The normalized spacial score (nSPS) is 15.5.